The molecule has 1 aromatic carbocycles. The number of hydrogen-bond acceptors (Lipinski definition) is 8. The molecule has 2 aromatic heterocycles. The van der Waals surface area contributed by atoms with E-state index in [1.807, 2.05) is 13.8 Å². The number of amides is 1. The van der Waals surface area contributed by atoms with Crippen molar-refractivity contribution in [2.24, 2.45) is 0 Å². The smallest absolute Gasteiger partial charge is 0.261 e. The number of anilines is 1. The van der Waals surface area contributed by atoms with Crippen LogP contribution in [0.25, 0.3) is 0 Å². The van der Waals surface area contributed by atoms with Gasteiger partial charge in [-0.1, -0.05) is 42.5 Å². The van der Waals surface area contributed by atoms with Crippen molar-refractivity contribution in [1.82, 2.24) is 20.3 Å². The van der Waals surface area contributed by atoms with Crippen LogP contribution in [0, 0.1) is 6.92 Å². The summed E-state index contributed by atoms with van der Waals surface area (Å²) in [5, 5.41) is 15.9. The number of hydrogen-bond donors (Lipinski definition) is 1. The Morgan fingerprint density at radius 3 is 2.80 bits per heavy atom. The molecule has 0 fully saturated rings. The van der Waals surface area contributed by atoms with E-state index in [1.165, 1.54) is 11.3 Å². The molecular formula is C16H17N5O3S. The zero-order chi connectivity index (χ0) is 17.8. The summed E-state index contributed by atoms with van der Waals surface area (Å²) in [6, 6.07) is 6.94. The van der Waals surface area contributed by atoms with Crippen molar-refractivity contribution in [1.29, 1.82) is 0 Å². The van der Waals surface area contributed by atoms with Gasteiger partial charge in [-0.15, -0.1) is 10.2 Å². The molecule has 9 heteroatoms. The van der Waals surface area contributed by atoms with Gasteiger partial charge in [-0.25, -0.2) is 0 Å². The average molecular weight is 359 g/mol. The lowest BCUT2D eigenvalue weighted by Gasteiger charge is -2.09. The first-order valence-electron chi connectivity index (χ1n) is 7.68. The molecule has 3 rings (SSSR count). The van der Waals surface area contributed by atoms with E-state index >= 15 is 0 Å². The molecule has 25 heavy (non-hydrogen) atoms. The van der Waals surface area contributed by atoms with E-state index in [2.05, 4.69) is 25.7 Å². The molecular weight excluding hydrogens is 342 g/mol. The number of para-hydroxylation sites is 1. The maximum Gasteiger partial charge on any atom is 0.261 e. The molecule has 0 unspecified atom stereocenters. The van der Waals surface area contributed by atoms with Gasteiger partial charge in [0.2, 0.25) is 16.8 Å². The quantitative estimate of drug-likeness (QED) is 0.721. The van der Waals surface area contributed by atoms with E-state index < -0.39 is 0 Å². The van der Waals surface area contributed by atoms with Crippen molar-refractivity contribution in [2.75, 3.05) is 5.32 Å². The monoisotopic (exact) mass is 359 g/mol. The summed E-state index contributed by atoms with van der Waals surface area (Å²) >= 11 is 1.36. The average Bonchev–Trinajstić information content (AvgIpc) is 3.22. The predicted molar refractivity (Wildman–Crippen MR) is 91.8 cm³/mol. The Labute approximate surface area is 148 Å². The Balaban J connectivity index is 1.71. The molecule has 1 amide bonds. The fraction of sp³-hybridized carbons (Fsp3) is 0.312. The normalized spacial score (nSPS) is 10.9. The van der Waals surface area contributed by atoms with Crippen LogP contribution in [0.5, 0.6) is 5.75 Å². The third-order valence-corrected chi connectivity index (χ3v) is 4.35. The van der Waals surface area contributed by atoms with E-state index in [0.717, 1.165) is 5.01 Å². The molecule has 0 spiro atoms. The molecule has 0 saturated carbocycles. The van der Waals surface area contributed by atoms with E-state index in [9.17, 15) is 4.79 Å². The first-order chi connectivity index (χ1) is 12.0. The second-order valence-electron chi connectivity index (χ2n) is 5.57. The summed E-state index contributed by atoms with van der Waals surface area (Å²) in [6.07, 6.45) is 0. The minimum absolute atomic E-state index is 0.109. The lowest BCUT2D eigenvalue weighted by molar-refractivity contribution is 0.102. The van der Waals surface area contributed by atoms with Gasteiger partial charge >= 0.3 is 0 Å². The first-order valence-corrected chi connectivity index (χ1v) is 8.50. The largest absolute Gasteiger partial charge is 0.485 e. The van der Waals surface area contributed by atoms with Gasteiger partial charge in [0.25, 0.3) is 5.91 Å². The Hall–Kier alpha value is -2.81. The number of benzene rings is 1. The molecule has 0 saturated heterocycles. The SMILES string of the molecule is Cc1nc(COc2ccccc2C(=O)Nc2nnc(C(C)C)s2)no1. The van der Waals surface area contributed by atoms with E-state index in [0.29, 0.717) is 28.2 Å². The summed E-state index contributed by atoms with van der Waals surface area (Å²) < 4.78 is 10.6. The van der Waals surface area contributed by atoms with Crippen LogP contribution in [-0.4, -0.2) is 26.2 Å². The van der Waals surface area contributed by atoms with Gasteiger partial charge in [0, 0.05) is 12.8 Å². The lowest BCUT2D eigenvalue weighted by Crippen LogP contribution is -2.13. The van der Waals surface area contributed by atoms with E-state index in [4.69, 9.17) is 9.26 Å². The van der Waals surface area contributed by atoms with E-state index in [1.54, 1.807) is 31.2 Å². The molecule has 130 valence electrons. The summed E-state index contributed by atoms with van der Waals surface area (Å²) in [7, 11) is 0. The number of ether oxygens (including phenoxy) is 1. The molecule has 0 bridgehead atoms. The second kappa shape index (κ2) is 7.39. The lowest BCUT2D eigenvalue weighted by atomic mass is 10.2. The van der Waals surface area contributed by atoms with Crippen LogP contribution in [-0.2, 0) is 6.61 Å². The van der Waals surface area contributed by atoms with Gasteiger partial charge in [0.1, 0.15) is 10.8 Å². The number of nitrogens with one attached hydrogen (secondary N) is 1. The number of carbonyl (C=O) groups is 1. The zero-order valence-electron chi connectivity index (χ0n) is 14.0. The van der Waals surface area contributed by atoms with Crippen LogP contribution in [0.4, 0.5) is 5.13 Å². The Morgan fingerprint density at radius 2 is 2.12 bits per heavy atom. The number of aryl methyl sites for hydroxylation is 1. The van der Waals surface area contributed by atoms with Crippen molar-refractivity contribution in [3.8, 4) is 5.75 Å². The molecule has 8 nitrogen and oxygen atoms in total. The van der Waals surface area contributed by atoms with Crippen molar-refractivity contribution in [3.05, 3.63) is 46.6 Å². The van der Waals surface area contributed by atoms with Crippen LogP contribution in [0.15, 0.2) is 28.8 Å². The Kier molecular flexibility index (Phi) is 5.03. The Morgan fingerprint density at radius 1 is 1.32 bits per heavy atom. The summed E-state index contributed by atoms with van der Waals surface area (Å²) in [4.78, 5) is 16.6. The predicted octanol–water partition coefficient (Wildman–Crippen LogP) is 3.18. The molecule has 1 N–H and O–H groups in total. The van der Waals surface area contributed by atoms with Crippen LogP contribution in [0.1, 0.15) is 46.8 Å². The van der Waals surface area contributed by atoms with Crippen LogP contribution in [0.2, 0.25) is 0 Å². The van der Waals surface area contributed by atoms with Gasteiger partial charge in [-0.3, -0.25) is 10.1 Å². The van der Waals surface area contributed by atoms with Gasteiger partial charge < -0.3 is 9.26 Å². The fourth-order valence-electron chi connectivity index (χ4n) is 2.01. The zero-order valence-corrected chi connectivity index (χ0v) is 14.8. The van der Waals surface area contributed by atoms with E-state index in [-0.39, 0.29) is 18.4 Å². The molecule has 0 atom stereocenters. The van der Waals surface area contributed by atoms with Crippen molar-refractivity contribution in [3.63, 3.8) is 0 Å². The standard InChI is InChI=1S/C16H17N5O3S/c1-9(2)15-19-20-16(25-15)18-14(22)11-6-4-5-7-12(11)23-8-13-17-10(3)24-21-13/h4-7,9H,8H2,1-3H3,(H,18,20,22). The molecule has 2 heterocycles. The van der Waals surface area contributed by atoms with Crippen molar-refractivity contribution >= 4 is 22.4 Å². The van der Waals surface area contributed by atoms with Crippen LogP contribution < -0.4 is 10.1 Å². The third kappa shape index (κ3) is 4.18. The van der Waals surface area contributed by atoms with Crippen molar-refractivity contribution in [2.45, 2.75) is 33.3 Å². The highest BCUT2D eigenvalue weighted by molar-refractivity contribution is 7.15. The maximum atomic E-state index is 12.5. The highest BCUT2D eigenvalue weighted by atomic mass is 32.1. The summed E-state index contributed by atoms with van der Waals surface area (Å²) in [5.41, 5.74) is 0.393. The van der Waals surface area contributed by atoms with Gasteiger partial charge in [-0.2, -0.15) is 4.98 Å². The number of carbonyl (C=O) groups excluding carboxylic acids is 1. The summed E-state index contributed by atoms with van der Waals surface area (Å²) in [5.74, 6) is 1.25. The van der Waals surface area contributed by atoms with Crippen molar-refractivity contribution < 1.29 is 14.1 Å². The molecule has 0 aliphatic heterocycles. The van der Waals surface area contributed by atoms with Gasteiger partial charge in [-0.05, 0) is 12.1 Å². The highest BCUT2D eigenvalue weighted by Crippen LogP contribution is 2.25. The molecule has 0 aliphatic carbocycles. The number of nitrogens with zero attached hydrogens (tertiary/aromatic N) is 4. The maximum absolute atomic E-state index is 12.5. The minimum atomic E-state index is -0.314. The highest BCUT2D eigenvalue weighted by Gasteiger charge is 2.16. The molecule has 0 aliphatic rings. The summed E-state index contributed by atoms with van der Waals surface area (Å²) in [6.45, 7) is 5.85. The topological polar surface area (TPSA) is 103 Å². The van der Waals surface area contributed by atoms with Crippen LogP contribution in [0.3, 0.4) is 0 Å². The second-order valence-corrected chi connectivity index (χ2v) is 6.58. The molecule has 3 aromatic rings. The minimum Gasteiger partial charge on any atom is -0.485 e. The van der Waals surface area contributed by atoms with Gasteiger partial charge in [0.05, 0.1) is 5.56 Å². The number of aromatic nitrogens is 4. The van der Waals surface area contributed by atoms with Gasteiger partial charge in [0.15, 0.2) is 6.61 Å². The third-order valence-electron chi connectivity index (χ3n) is 3.21. The fourth-order valence-corrected chi connectivity index (χ4v) is 2.75. The number of rotatable bonds is 6. The first kappa shape index (κ1) is 17.0. The Bertz CT molecular complexity index is 874. The van der Waals surface area contributed by atoms with Crippen LogP contribution >= 0.6 is 11.3 Å². The molecule has 0 radical (unpaired) electrons.